The van der Waals surface area contributed by atoms with Crippen LogP contribution in [0.5, 0.6) is 0 Å². The third-order valence-corrected chi connectivity index (χ3v) is 5.79. The monoisotopic (exact) mass is 376 g/mol. The van der Waals surface area contributed by atoms with Crippen LogP contribution in [0.1, 0.15) is 22.4 Å². The number of fused-ring (bicyclic) bond motifs is 1. The topological polar surface area (TPSA) is 40.9 Å². The van der Waals surface area contributed by atoms with Gasteiger partial charge in [-0.05, 0) is 56.5 Å². The molecule has 1 saturated heterocycles. The fourth-order valence-corrected chi connectivity index (χ4v) is 4.08. The highest BCUT2D eigenvalue weighted by atomic mass is 16.1. The third kappa shape index (κ3) is 3.67. The molecule has 2 aromatic heterocycles. The summed E-state index contributed by atoms with van der Waals surface area (Å²) in [6, 6.07) is 12.5. The SMILES string of the molecule is Cc1ccn2c(=O)c(CCN3CCN(c4ccccc4C)CC3)c(C)nc2c1. The Kier molecular flexibility index (Phi) is 5.18. The van der Waals surface area contributed by atoms with E-state index in [1.807, 2.05) is 32.2 Å². The van der Waals surface area contributed by atoms with E-state index in [1.165, 1.54) is 11.3 Å². The van der Waals surface area contributed by atoms with Gasteiger partial charge in [0.1, 0.15) is 5.65 Å². The number of hydrogen-bond acceptors (Lipinski definition) is 4. The van der Waals surface area contributed by atoms with Crippen molar-refractivity contribution in [3.8, 4) is 0 Å². The van der Waals surface area contributed by atoms with Gasteiger partial charge in [0.25, 0.3) is 5.56 Å². The van der Waals surface area contributed by atoms with E-state index >= 15 is 0 Å². The van der Waals surface area contributed by atoms with Gasteiger partial charge in [-0.25, -0.2) is 4.98 Å². The summed E-state index contributed by atoms with van der Waals surface area (Å²) in [4.78, 5) is 22.5. The number of rotatable bonds is 4. The van der Waals surface area contributed by atoms with Crippen LogP contribution in [0.3, 0.4) is 0 Å². The zero-order chi connectivity index (χ0) is 19.7. The van der Waals surface area contributed by atoms with Crippen LogP contribution >= 0.6 is 0 Å². The Morgan fingerprint density at radius 3 is 2.50 bits per heavy atom. The van der Waals surface area contributed by atoms with Crippen molar-refractivity contribution < 1.29 is 0 Å². The van der Waals surface area contributed by atoms with E-state index in [9.17, 15) is 4.79 Å². The summed E-state index contributed by atoms with van der Waals surface area (Å²) in [6.07, 6.45) is 2.59. The number of piperazine rings is 1. The summed E-state index contributed by atoms with van der Waals surface area (Å²) in [5.74, 6) is 0. The Morgan fingerprint density at radius 2 is 1.75 bits per heavy atom. The minimum Gasteiger partial charge on any atom is -0.369 e. The molecule has 1 aliphatic heterocycles. The molecule has 0 spiro atoms. The van der Waals surface area contributed by atoms with E-state index in [0.29, 0.717) is 0 Å². The second kappa shape index (κ2) is 7.76. The van der Waals surface area contributed by atoms with Gasteiger partial charge in [-0.2, -0.15) is 0 Å². The number of hydrogen-bond donors (Lipinski definition) is 0. The van der Waals surface area contributed by atoms with E-state index in [2.05, 4.69) is 46.0 Å². The minimum absolute atomic E-state index is 0.0704. The highest BCUT2D eigenvalue weighted by Crippen LogP contribution is 2.20. The molecule has 1 aromatic carbocycles. The Bertz CT molecular complexity index is 1050. The van der Waals surface area contributed by atoms with Gasteiger partial charge in [-0.3, -0.25) is 14.1 Å². The second-order valence-corrected chi connectivity index (χ2v) is 7.78. The van der Waals surface area contributed by atoms with Gasteiger partial charge in [-0.15, -0.1) is 0 Å². The summed E-state index contributed by atoms with van der Waals surface area (Å²) >= 11 is 0. The fraction of sp³-hybridized carbons (Fsp3) is 0.391. The maximum Gasteiger partial charge on any atom is 0.261 e. The first kappa shape index (κ1) is 18.7. The Hall–Kier alpha value is -2.66. The maximum absolute atomic E-state index is 12.9. The molecule has 0 saturated carbocycles. The molecule has 28 heavy (non-hydrogen) atoms. The molecule has 0 aliphatic carbocycles. The third-order valence-electron chi connectivity index (χ3n) is 5.79. The van der Waals surface area contributed by atoms with Crippen LogP contribution in [0.4, 0.5) is 5.69 Å². The first-order valence-corrected chi connectivity index (χ1v) is 10.0. The van der Waals surface area contributed by atoms with E-state index in [1.54, 1.807) is 4.40 Å². The van der Waals surface area contributed by atoms with Gasteiger partial charge in [-0.1, -0.05) is 18.2 Å². The van der Waals surface area contributed by atoms with Crippen molar-refractivity contribution in [2.24, 2.45) is 0 Å². The summed E-state index contributed by atoms with van der Waals surface area (Å²) < 4.78 is 1.67. The van der Waals surface area contributed by atoms with Crippen molar-refractivity contribution in [3.63, 3.8) is 0 Å². The highest BCUT2D eigenvalue weighted by molar-refractivity contribution is 5.53. The van der Waals surface area contributed by atoms with E-state index in [4.69, 9.17) is 0 Å². The molecule has 5 nitrogen and oxygen atoms in total. The van der Waals surface area contributed by atoms with Crippen LogP contribution in [0.15, 0.2) is 47.4 Å². The average molecular weight is 377 g/mol. The van der Waals surface area contributed by atoms with Gasteiger partial charge < -0.3 is 4.90 Å². The van der Waals surface area contributed by atoms with Crippen molar-refractivity contribution in [2.75, 3.05) is 37.6 Å². The molecule has 1 aliphatic rings. The summed E-state index contributed by atoms with van der Waals surface area (Å²) in [6.45, 7) is 11.1. The van der Waals surface area contributed by atoms with Crippen molar-refractivity contribution >= 4 is 11.3 Å². The first-order chi connectivity index (χ1) is 13.5. The lowest BCUT2D eigenvalue weighted by Gasteiger charge is -2.36. The van der Waals surface area contributed by atoms with Gasteiger partial charge in [0.15, 0.2) is 0 Å². The lowest BCUT2D eigenvalue weighted by molar-refractivity contribution is 0.260. The minimum atomic E-state index is 0.0704. The molecule has 146 valence electrons. The molecule has 3 heterocycles. The van der Waals surface area contributed by atoms with Crippen LogP contribution < -0.4 is 10.5 Å². The Balaban J connectivity index is 1.43. The molecular formula is C23H28N4O. The lowest BCUT2D eigenvalue weighted by atomic mass is 10.1. The second-order valence-electron chi connectivity index (χ2n) is 7.78. The predicted octanol–water partition coefficient (Wildman–Crippen LogP) is 2.98. The lowest BCUT2D eigenvalue weighted by Crippen LogP contribution is -2.47. The van der Waals surface area contributed by atoms with E-state index < -0.39 is 0 Å². The fourth-order valence-electron chi connectivity index (χ4n) is 4.08. The smallest absolute Gasteiger partial charge is 0.261 e. The number of nitrogens with zero attached hydrogens (tertiary/aromatic N) is 4. The van der Waals surface area contributed by atoms with Crippen LogP contribution in [-0.4, -0.2) is 47.0 Å². The van der Waals surface area contributed by atoms with Gasteiger partial charge >= 0.3 is 0 Å². The molecule has 0 N–H and O–H groups in total. The number of aromatic nitrogens is 2. The Labute approximate surface area is 166 Å². The molecule has 4 rings (SSSR count). The number of pyridine rings is 1. The van der Waals surface area contributed by atoms with Crippen molar-refractivity contribution in [3.05, 3.63) is 75.3 Å². The molecule has 0 atom stereocenters. The molecule has 0 bridgehead atoms. The quantitative estimate of drug-likeness (QED) is 0.702. The molecular weight excluding hydrogens is 348 g/mol. The molecule has 0 unspecified atom stereocenters. The Morgan fingerprint density at radius 1 is 1.00 bits per heavy atom. The van der Waals surface area contributed by atoms with Crippen LogP contribution in [0.25, 0.3) is 5.65 Å². The molecule has 0 amide bonds. The largest absolute Gasteiger partial charge is 0.369 e. The molecule has 1 fully saturated rings. The summed E-state index contributed by atoms with van der Waals surface area (Å²) in [7, 11) is 0. The van der Waals surface area contributed by atoms with Gasteiger partial charge in [0, 0.05) is 55.9 Å². The highest BCUT2D eigenvalue weighted by Gasteiger charge is 2.19. The molecule has 5 heteroatoms. The van der Waals surface area contributed by atoms with Crippen LogP contribution in [-0.2, 0) is 6.42 Å². The number of anilines is 1. The number of para-hydroxylation sites is 1. The summed E-state index contributed by atoms with van der Waals surface area (Å²) in [5.41, 5.74) is 6.28. The normalized spacial score (nSPS) is 15.3. The maximum atomic E-state index is 12.9. The van der Waals surface area contributed by atoms with Gasteiger partial charge in [0.2, 0.25) is 0 Å². The van der Waals surface area contributed by atoms with Crippen molar-refractivity contribution in [2.45, 2.75) is 27.2 Å². The number of benzene rings is 1. The zero-order valence-corrected chi connectivity index (χ0v) is 17.0. The van der Waals surface area contributed by atoms with E-state index in [0.717, 1.165) is 61.6 Å². The summed E-state index contributed by atoms with van der Waals surface area (Å²) in [5, 5.41) is 0. The van der Waals surface area contributed by atoms with Crippen LogP contribution in [0.2, 0.25) is 0 Å². The van der Waals surface area contributed by atoms with Crippen molar-refractivity contribution in [1.29, 1.82) is 0 Å². The molecule has 0 radical (unpaired) electrons. The standard InChI is InChI=1S/C23H28N4O/c1-17-8-11-27-22(16-17)24-19(3)20(23(27)28)9-10-25-12-14-26(15-13-25)21-7-5-4-6-18(21)2/h4-8,11,16H,9-10,12-15H2,1-3H3. The molecule has 3 aromatic rings. The van der Waals surface area contributed by atoms with Crippen LogP contribution in [0, 0.1) is 20.8 Å². The number of aryl methyl sites for hydroxylation is 3. The van der Waals surface area contributed by atoms with Crippen molar-refractivity contribution in [1.82, 2.24) is 14.3 Å². The van der Waals surface area contributed by atoms with E-state index in [-0.39, 0.29) is 5.56 Å². The first-order valence-electron chi connectivity index (χ1n) is 10.0. The predicted molar refractivity (Wildman–Crippen MR) is 114 cm³/mol. The van der Waals surface area contributed by atoms with Gasteiger partial charge in [0.05, 0.1) is 0 Å². The average Bonchev–Trinajstić information content (AvgIpc) is 2.68. The zero-order valence-electron chi connectivity index (χ0n) is 17.0.